The number of benzene rings is 1. The van der Waals surface area contributed by atoms with Crippen LogP contribution in [0.25, 0.3) is 5.69 Å². The van der Waals surface area contributed by atoms with Gasteiger partial charge in [0.25, 0.3) is 0 Å². The zero-order chi connectivity index (χ0) is 11.8. The smallest absolute Gasteiger partial charge is 0.180 e. The van der Waals surface area contributed by atoms with Crippen molar-refractivity contribution < 1.29 is 4.79 Å². The van der Waals surface area contributed by atoms with Gasteiger partial charge in [-0.2, -0.15) is 5.10 Å². The van der Waals surface area contributed by atoms with E-state index in [1.165, 1.54) is 5.56 Å². The highest BCUT2D eigenvalue weighted by atomic mass is 16.1. The third-order valence-corrected chi connectivity index (χ3v) is 2.94. The van der Waals surface area contributed by atoms with Crippen LogP contribution in [0.5, 0.6) is 0 Å². The number of fused-ring (bicyclic) bond motifs is 1. The molecule has 0 aliphatic carbocycles. The van der Waals surface area contributed by atoms with Crippen LogP contribution in [0.3, 0.4) is 0 Å². The molecule has 86 valence electrons. The van der Waals surface area contributed by atoms with Crippen LogP contribution in [0.1, 0.15) is 21.6 Å². The first-order valence-corrected chi connectivity index (χ1v) is 5.63. The molecule has 0 amide bonds. The highest BCUT2D eigenvalue weighted by Crippen LogP contribution is 2.16. The topological polar surface area (TPSA) is 46.9 Å². The summed E-state index contributed by atoms with van der Waals surface area (Å²) in [4.78, 5) is 11.7. The molecule has 0 radical (unpaired) electrons. The van der Waals surface area contributed by atoms with Crippen molar-refractivity contribution in [1.82, 2.24) is 15.1 Å². The summed E-state index contributed by atoms with van der Waals surface area (Å²) in [6.45, 7) is 3.12. The molecule has 1 aliphatic heterocycles. The normalized spacial score (nSPS) is 14.8. The SMILES string of the molecule is Cc1cccc(-n2cc3c(n2)CNCC3=O)c1. The number of aryl methyl sites for hydroxylation is 1. The van der Waals surface area contributed by atoms with E-state index in [1.54, 1.807) is 4.68 Å². The third kappa shape index (κ3) is 1.76. The summed E-state index contributed by atoms with van der Waals surface area (Å²) in [6.07, 6.45) is 1.83. The van der Waals surface area contributed by atoms with Crippen LogP contribution in [0.15, 0.2) is 30.5 Å². The number of carbonyl (C=O) groups is 1. The first kappa shape index (κ1) is 10.2. The molecular formula is C13H13N3O. The van der Waals surface area contributed by atoms with Crippen LogP contribution in [0, 0.1) is 6.92 Å². The molecule has 0 spiro atoms. The lowest BCUT2D eigenvalue weighted by Crippen LogP contribution is -2.29. The van der Waals surface area contributed by atoms with Crippen LogP contribution in [-0.2, 0) is 6.54 Å². The average Bonchev–Trinajstić information content (AvgIpc) is 2.74. The van der Waals surface area contributed by atoms with E-state index in [9.17, 15) is 4.79 Å². The molecule has 4 nitrogen and oxygen atoms in total. The summed E-state index contributed by atoms with van der Waals surface area (Å²) in [7, 11) is 0. The van der Waals surface area contributed by atoms with Gasteiger partial charge in [-0.05, 0) is 24.6 Å². The van der Waals surface area contributed by atoms with E-state index in [4.69, 9.17) is 0 Å². The minimum atomic E-state index is 0.116. The molecule has 2 aromatic rings. The van der Waals surface area contributed by atoms with Crippen molar-refractivity contribution in [1.29, 1.82) is 0 Å². The maximum absolute atomic E-state index is 11.7. The number of hydrogen-bond acceptors (Lipinski definition) is 3. The lowest BCUT2D eigenvalue weighted by atomic mass is 10.1. The number of rotatable bonds is 1. The largest absolute Gasteiger partial charge is 0.304 e. The van der Waals surface area contributed by atoms with Crippen molar-refractivity contribution in [2.24, 2.45) is 0 Å². The van der Waals surface area contributed by atoms with Crippen LogP contribution in [-0.4, -0.2) is 22.1 Å². The molecule has 0 fully saturated rings. The molecule has 1 aromatic heterocycles. The van der Waals surface area contributed by atoms with Crippen LogP contribution >= 0.6 is 0 Å². The fraction of sp³-hybridized carbons (Fsp3) is 0.231. The molecule has 0 atom stereocenters. The van der Waals surface area contributed by atoms with E-state index in [0.29, 0.717) is 13.1 Å². The summed E-state index contributed by atoms with van der Waals surface area (Å²) in [5.74, 6) is 0.116. The number of nitrogens with zero attached hydrogens (tertiary/aromatic N) is 2. The summed E-state index contributed by atoms with van der Waals surface area (Å²) >= 11 is 0. The molecule has 3 rings (SSSR count). The maximum atomic E-state index is 11.7. The Kier molecular flexibility index (Phi) is 2.30. The molecule has 0 saturated carbocycles. The zero-order valence-corrected chi connectivity index (χ0v) is 9.60. The number of carbonyl (C=O) groups excluding carboxylic acids is 1. The van der Waals surface area contributed by atoms with Gasteiger partial charge < -0.3 is 5.32 Å². The Labute approximate surface area is 99.3 Å². The van der Waals surface area contributed by atoms with Crippen LogP contribution in [0.2, 0.25) is 0 Å². The van der Waals surface area contributed by atoms with Gasteiger partial charge in [0, 0.05) is 12.7 Å². The van der Waals surface area contributed by atoms with Crippen molar-refractivity contribution in [3.63, 3.8) is 0 Å². The van der Waals surface area contributed by atoms with Gasteiger partial charge in [-0.3, -0.25) is 4.79 Å². The minimum Gasteiger partial charge on any atom is -0.304 e. The van der Waals surface area contributed by atoms with E-state index in [1.807, 2.05) is 31.3 Å². The lowest BCUT2D eigenvalue weighted by Gasteiger charge is -2.08. The second-order valence-electron chi connectivity index (χ2n) is 4.30. The number of Topliss-reactive ketones (excluding diaryl/α,β-unsaturated/α-hetero) is 1. The Morgan fingerprint density at radius 2 is 2.24 bits per heavy atom. The highest BCUT2D eigenvalue weighted by molar-refractivity contribution is 5.99. The van der Waals surface area contributed by atoms with E-state index >= 15 is 0 Å². The van der Waals surface area contributed by atoms with Gasteiger partial charge in [0.15, 0.2) is 5.78 Å². The van der Waals surface area contributed by atoms with Crippen LogP contribution < -0.4 is 5.32 Å². The zero-order valence-electron chi connectivity index (χ0n) is 9.60. The lowest BCUT2D eigenvalue weighted by molar-refractivity contribution is 0.0982. The average molecular weight is 227 g/mol. The Balaban J connectivity index is 2.08. The van der Waals surface area contributed by atoms with Gasteiger partial charge in [0.1, 0.15) is 0 Å². The molecule has 0 saturated heterocycles. The molecule has 1 aromatic carbocycles. The molecule has 1 N–H and O–H groups in total. The molecule has 17 heavy (non-hydrogen) atoms. The molecule has 0 unspecified atom stereocenters. The number of ketones is 1. The van der Waals surface area contributed by atoms with Crippen molar-refractivity contribution in [3.05, 3.63) is 47.3 Å². The Hall–Kier alpha value is -1.94. The summed E-state index contributed by atoms with van der Waals surface area (Å²) in [5.41, 5.74) is 3.75. The van der Waals surface area contributed by atoms with Crippen molar-refractivity contribution >= 4 is 5.78 Å². The first-order chi connectivity index (χ1) is 8.24. The van der Waals surface area contributed by atoms with Crippen molar-refractivity contribution in [2.75, 3.05) is 6.54 Å². The fourth-order valence-electron chi connectivity index (χ4n) is 2.07. The molecule has 0 bridgehead atoms. The third-order valence-electron chi connectivity index (χ3n) is 2.94. The maximum Gasteiger partial charge on any atom is 0.180 e. The summed E-state index contributed by atoms with van der Waals surface area (Å²) < 4.78 is 1.78. The molecule has 4 heteroatoms. The fourth-order valence-corrected chi connectivity index (χ4v) is 2.07. The van der Waals surface area contributed by atoms with Crippen molar-refractivity contribution in [3.8, 4) is 5.69 Å². The van der Waals surface area contributed by atoms with Gasteiger partial charge in [0.05, 0.1) is 23.5 Å². The quantitative estimate of drug-likeness (QED) is 0.802. The van der Waals surface area contributed by atoms with Gasteiger partial charge in [-0.25, -0.2) is 4.68 Å². The Morgan fingerprint density at radius 1 is 1.35 bits per heavy atom. The van der Waals surface area contributed by atoms with E-state index in [2.05, 4.69) is 16.5 Å². The van der Waals surface area contributed by atoms with Gasteiger partial charge in [-0.15, -0.1) is 0 Å². The van der Waals surface area contributed by atoms with Gasteiger partial charge >= 0.3 is 0 Å². The minimum absolute atomic E-state index is 0.116. The number of hydrogen-bond donors (Lipinski definition) is 1. The van der Waals surface area contributed by atoms with Crippen LogP contribution in [0.4, 0.5) is 0 Å². The van der Waals surface area contributed by atoms with E-state index in [0.717, 1.165) is 16.9 Å². The predicted molar refractivity (Wildman–Crippen MR) is 64.3 cm³/mol. The van der Waals surface area contributed by atoms with Crippen molar-refractivity contribution in [2.45, 2.75) is 13.5 Å². The predicted octanol–water partition coefficient (Wildman–Crippen LogP) is 1.47. The van der Waals surface area contributed by atoms with E-state index < -0.39 is 0 Å². The highest BCUT2D eigenvalue weighted by Gasteiger charge is 2.20. The van der Waals surface area contributed by atoms with E-state index in [-0.39, 0.29) is 5.78 Å². The number of nitrogens with one attached hydrogen (secondary N) is 1. The number of aromatic nitrogens is 2. The molecule has 1 aliphatic rings. The second-order valence-corrected chi connectivity index (χ2v) is 4.30. The Morgan fingerprint density at radius 3 is 3.00 bits per heavy atom. The van der Waals surface area contributed by atoms with Gasteiger partial charge in [0.2, 0.25) is 0 Å². The second kappa shape index (κ2) is 3.82. The first-order valence-electron chi connectivity index (χ1n) is 5.63. The summed E-state index contributed by atoms with van der Waals surface area (Å²) in [5, 5.41) is 7.49. The monoisotopic (exact) mass is 227 g/mol. The summed E-state index contributed by atoms with van der Waals surface area (Å²) in [6, 6.07) is 8.07. The molecular weight excluding hydrogens is 214 g/mol. The Bertz CT molecular complexity index is 586. The molecule has 2 heterocycles. The standard InChI is InChI=1S/C13H13N3O/c1-9-3-2-4-10(5-9)16-8-11-12(15-16)6-14-7-13(11)17/h2-5,8,14H,6-7H2,1H3. The van der Waals surface area contributed by atoms with Gasteiger partial charge in [-0.1, -0.05) is 12.1 Å².